The summed E-state index contributed by atoms with van der Waals surface area (Å²) >= 11 is 0. The molecule has 0 spiro atoms. The van der Waals surface area contributed by atoms with Gasteiger partial charge < -0.3 is 0 Å². The molecule has 6 heteroatoms. The molecule has 0 aliphatic heterocycles. The summed E-state index contributed by atoms with van der Waals surface area (Å²) in [4.78, 5) is 0. The van der Waals surface area contributed by atoms with E-state index in [0.717, 1.165) is 49.3 Å². The van der Waals surface area contributed by atoms with Gasteiger partial charge in [-0.05, 0) is 0 Å². The predicted octanol–water partition coefficient (Wildman–Crippen LogP) is 13.0. The van der Waals surface area contributed by atoms with Crippen LogP contribution in [0, 0.1) is 0 Å². The average Bonchev–Trinajstić information content (AvgIpc) is 2.93. The second-order valence-corrected chi connectivity index (χ2v) is 25.5. The van der Waals surface area contributed by atoms with Crippen LogP contribution < -0.4 is 0 Å². The van der Waals surface area contributed by atoms with Gasteiger partial charge in [0.25, 0.3) is 0 Å². The van der Waals surface area contributed by atoms with E-state index in [-0.39, 0.29) is 0 Å². The minimum absolute atomic E-state index is 1.15. The van der Waals surface area contributed by atoms with Crippen LogP contribution in [0.4, 0.5) is 0 Å². The zero-order valence-corrected chi connectivity index (χ0v) is 30.2. The summed E-state index contributed by atoms with van der Waals surface area (Å²) in [7, 11) is -2.12. The van der Waals surface area contributed by atoms with E-state index < -0.39 is 21.9 Å². The first-order valence-electron chi connectivity index (χ1n) is 17.1. The van der Waals surface area contributed by atoms with E-state index in [9.17, 15) is 4.57 Å². The molecule has 0 amide bonds. The molecule has 38 heavy (non-hydrogen) atoms. The molecule has 0 N–H and O–H groups in total. The van der Waals surface area contributed by atoms with Gasteiger partial charge in [-0.25, -0.2) is 0 Å². The van der Waals surface area contributed by atoms with Crippen molar-refractivity contribution in [3.8, 4) is 0 Å². The third-order valence-corrected chi connectivity index (χ3v) is 25.6. The molecule has 0 aliphatic rings. The molecule has 232 valence electrons. The molecule has 0 saturated heterocycles. The van der Waals surface area contributed by atoms with Crippen LogP contribution >= 0.6 is 21.9 Å². The summed E-state index contributed by atoms with van der Waals surface area (Å²) in [5, 5.41) is 0. The summed E-state index contributed by atoms with van der Waals surface area (Å²) in [6.45, 7) is 13.1. The van der Waals surface area contributed by atoms with Crippen LogP contribution in [0.15, 0.2) is 0 Å². The third kappa shape index (κ3) is 12.8. The summed E-state index contributed by atoms with van der Waals surface area (Å²) in [6, 6.07) is 0. The fourth-order valence-corrected chi connectivity index (χ4v) is 24.2. The van der Waals surface area contributed by atoms with Crippen LogP contribution in [0.3, 0.4) is 0 Å². The molecule has 3 nitrogen and oxygen atoms in total. The van der Waals surface area contributed by atoms with E-state index in [1.807, 2.05) is 0 Å². The van der Waals surface area contributed by atoms with E-state index in [1.54, 1.807) is 0 Å². The van der Waals surface area contributed by atoms with Crippen molar-refractivity contribution in [1.29, 1.82) is 0 Å². The van der Waals surface area contributed by atoms with Gasteiger partial charge in [0.05, 0.1) is 0 Å². The normalized spacial score (nSPS) is 15.1. The minimum atomic E-state index is -2.64. The van der Waals surface area contributed by atoms with Crippen LogP contribution in [-0.4, -0.2) is 49.3 Å². The number of hydrogen-bond acceptors (Lipinski definition) is 3. The quantitative estimate of drug-likeness (QED) is 0.0842. The van der Waals surface area contributed by atoms with Crippen molar-refractivity contribution in [3.05, 3.63) is 0 Å². The van der Waals surface area contributed by atoms with Crippen molar-refractivity contribution in [3.63, 3.8) is 0 Å². The molecule has 0 aliphatic carbocycles. The summed E-state index contributed by atoms with van der Waals surface area (Å²) in [5.41, 5.74) is 0. The fraction of sp³-hybridized carbons (Fsp3) is 1.00. The second-order valence-electron chi connectivity index (χ2n) is 12.7. The van der Waals surface area contributed by atoms with Crippen molar-refractivity contribution >= 4 is 21.9 Å². The Bertz CT molecular complexity index is 474. The van der Waals surface area contributed by atoms with Gasteiger partial charge in [0, 0.05) is 0 Å². The van der Waals surface area contributed by atoms with Gasteiger partial charge in [-0.1, -0.05) is 0 Å². The predicted molar refractivity (Wildman–Crippen MR) is 182 cm³/mol. The molecule has 0 heterocycles. The Morgan fingerprint density at radius 3 is 0.658 bits per heavy atom. The first kappa shape index (κ1) is 38.9. The molecule has 0 aromatic heterocycles. The Hall–Kier alpha value is 0.880. The molecule has 0 aromatic rings. The number of unbranched alkanes of at least 4 members (excludes halogenated alkanes) is 8. The Labute approximate surface area is 242 Å². The monoisotopic (exact) mass is 597 g/mol. The van der Waals surface area contributed by atoms with Gasteiger partial charge in [-0.15, -0.1) is 0 Å². The van der Waals surface area contributed by atoms with Gasteiger partial charge in [0.15, 0.2) is 0 Å². The van der Waals surface area contributed by atoms with Crippen molar-refractivity contribution < 1.29 is 13.2 Å². The van der Waals surface area contributed by atoms with Crippen molar-refractivity contribution in [2.24, 2.45) is 0 Å². The molecule has 0 unspecified atom stereocenters. The van der Waals surface area contributed by atoms with Crippen molar-refractivity contribution in [1.82, 2.24) is 0 Å². The maximum absolute atomic E-state index is 14.6. The molecular formula is C32H72O3P3+. The van der Waals surface area contributed by atoms with Gasteiger partial charge in [0.2, 0.25) is 0 Å². The Kier molecular flexibility index (Phi) is 21.2. The third-order valence-electron chi connectivity index (χ3n) is 9.21. The van der Waals surface area contributed by atoms with Crippen LogP contribution in [0.1, 0.15) is 158 Å². The molecule has 0 fully saturated rings. The number of rotatable bonds is 28. The standard InChI is InChI=1S/C32H72O3P3/c1-9-17-25-37(26-18-10-2,27-19-11-3,28-20-12-4)34-36(33)35-38(29-21-13-5,30-22-14-6,31-23-15-7)32-24-16-8/h9-32H2,1-8H3/q+1. The van der Waals surface area contributed by atoms with E-state index >= 15 is 0 Å². The van der Waals surface area contributed by atoms with E-state index in [1.165, 1.54) is 103 Å². The molecule has 0 aromatic carbocycles. The first-order valence-corrected chi connectivity index (χ1v) is 24.0. The van der Waals surface area contributed by atoms with Crippen molar-refractivity contribution in [2.75, 3.05) is 49.3 Å². The van der Waals surface area contributed by atoms with Gasteiger partial charge >= 0.3 is 243 Å². The summed E-state index contributed by atoms with van der Waals surface area (Å²) in [5.74, 6) is 0. The number of hydrogen-bond donors (Lipinski definition) is 0. The Morgan fingerprint density at radius 1 is 0.368 bits per heavy atom. The van der Waals surface area contributed by atoms with Crippen LogP contribution in [0.5, 0.6) is 0 Å². The van der Waals surface area contributed by atoms with Gasteiger partial charge in [-0.2, -0.15) is 0 Å². The van der Waals surface area contributed by atoms with Crippen LogP contribution in [-0.2, 0) is 13.2 Å². The van der Waals surface area contributed by atoms with E-state index in [0.29, 0.717) is 0 Å². The molecule has 0 radical (unpaired) electrons. The molecule has 0 rings (SSSR count). The van der Waals surface area contributed by atoms with Crippen molar-refractivity contribution in [2.45, 2.75) is 158 Å². The van der Waals surface area contributed by atoms with Crippen LogP contribution in [0.25, 0.3) is 0 Å². The van der Waals surface area contributed by atoms with E-state index in [2.05, 4.69) is 55.4 Å². The Morgan fingerprint density at radius 2 is 0.526 bits per heavy atom. The average molecular weight is 598 g/mol. The summed E-state index contributed by atoms with van der Waals surface area (Å²) in [6.07, 6.45) is 28.2. The molecule has 0 atom stereocenters. The zero-order chi connectivity index (χ0) is 28.9. The zero-order valence-electron chi connectivity index (χ0n) is 27.5. The second kappa shape index (κ2) is 20.7. The Balaban J connectivity index is 6.76. The van der Waals surface area contributed by atoms with E-state index in [4.69, 9.17) is 8.62 Å². The fourth-order valence-electron chi connectivity index (χ4n) is 6.52. The SMILES string of the molecule is CCCCP(CCCC)(CCCC)(CCCC)O[P+](=O)OP(CCCC)(CCCC)(CCCC)CCCC. The molecular weight excluding hydrogens is 525 g/mol. The van der Waals surface area contributed by atoms with Gasteiger partial charge in [-0.3, -0.25) is 0 Å². The first-order chi connectivity index (χ1) is 18.2. The topological polar surface area (TPSA) is 35.5 Å². The molecule has 0 saturated carbocycles. The molecule has 0 bridgehead atoms. The summed E-state index contributed by atoms with van der Waals surface area (Å²) < 4.78 is 29.1. The van der Waals surface area contributed by atoms with Crippen LogP contribution in [0.2, 0.25) is 0 Å². The van der Waals surface area contributed by atoms with Gasteiger partial charge in [0.1, 0.15) is 0 Å². The maximum atomic E-state index is 14.6.